The van der Waals surface area contributed by atoms with E-state index in [1.807, 2.05) is 13.2 Å². The molecule has 6 nitrogen and oxygen atoms in total. The Morgan fingerprint density at radius 2 is 1.89 bits per heavy atom. The monoisotopic (exact) mass is 379 g/mol. The summed E-state index contributed by atoms with van der Waals surface area (Å²) in [6.45, 7) is 2.87. The highest BCUT2D eigenvalue weighted by Gasteiger charge is 2.19. The van der Waals surface area contributed by atoms with Crippen LogP contribution < -0.4 is 4.74 Å². The highest BCUT2D eigenvalue weighted by molar-refractivity contribution is 7.98. The number of thioether (sulfide) groups is 1. The molecule has 2 heterocycles. The highest BCUT2D eigenvalue weighted by atomic mass is 32.2. The van der Waals surface area contributed by atoms with Crippen LogP contribution >= 0.6 is 11.8 Å². The molecule has 0 saturated carbocycles. The number of benzene rings is 2. The fraction of sp³-hybridized carbons (Fsp3) is 0.250. The molecule has 138 valence electrons. The van der Waals surface area contributed by atoms with Crippen LogP contribution in [0.1, 0.15) is 12.5 Å². The first-order valence-electron chi connectivity index (χ1n) is 8.82. The van der Waals surface area contributed by atoms with Crippen molar-refractivity contribution in [3.8, 4) is 17.3 Å². The first-order valence-corrected chi connectivity index (χ1v) is 9.80. The van der Waals surface area contributed by atoms with Gasteiger partial charge in [-0.15, -0.1) is 15.3 Å². The summed E-state index contributed by atoms with van der Waals surface area (Å²) in [4.78, 5) is 0. The molecular formula is C20H21N5OS. The van der Waals surface area contributed by atoms with Crippen LogP contribution in [0, 0.1) is 0 Å². The Labute approximate surface area is 162 Å². The third-order valence-electron chi connectivity index (χ3n) is 4.50. The van der Waals surface area contributed by atoms with Gasteiger partial charge in [-0.25, -0.2) is 0 Å². The van der Waals surface area contributed by atoms with Crippen LogP contribution in [0.4, 0.5) is 0 Å². The molecular weight excluding hydrogens is 358 g/mol. The SMILES string of the molecule is CCn1c(SCc2cccc3ccccc23)nnc1-c1cn(C)nc1OC. The van der Waals surface area contributed by atoms with Crippen molar-refractivity contribution in [2.45, 2.75) is 24.4 Å². The van der Waals surface area contributed by atoms with E-state index < -0.39 is 0 Å². The van der Waals surface area contributed by atoms with E-state index >= 15 is 0 Å². The molecule has 0 aliphatic carbocycles. The molecule has 0 saturated heterocycles. The number of nitrogens with zero attached hydrogens (tertiary/aromatic N) is 5. The van der Waals surface area contributed by atoms with Gasteiger partial charge in [0.25, 0.3) is 0 Å². The summed E-state index contributed by atoms with van der Waals surface area (Å²) >= 11 is 1.70. The van der Waals surface area contributed by atoms with E-state index in [1.165, 1.54) is 16.3 Å². The second-order valence-electron chi connectivity index (χ2n) is 6.20. The van der Waals surface area contributed by atoms with Gasteiger partial charge >= 0.3 is 0 Å². The Hall–Kier alpha value is -2.80. The van der Waals surface area contributed by atoms with Crippen molar-refractivity contribution in [3.63, 3.8) is 0 Å². The third-order valence-corrected chi connectivity index (χ3v) is 5.51. The van der Waals surface area contributed by atoms with Crippen molar-refractivity contribution in [2.24, 2.45) is 7.05 Å². The van der Waals surface area contributed by atoms with Crippen LogP contribution in [-0.2, 0) is 19.3 Å². The normalized spacial score (nSPS) is 11.2. The molecule has 0 spiro atoms. The van der Waals surface area contributed by atoms with Crippen LogP contribution in [0.5, 0.6) is 5.88 Å². The van der Waals surface area contributed by atoms with Crippen molar-refractivity contribution in [3.05, 3.63) is 54.2 Å². The first kappa shape index (κ1) is 17.6. The van der Waals surface area contributed by atoms with Gasteiger partial charge in [-0.05, 0) is 23.3 Å². The van der Waals surface area contributed by atoms with Gasteiger partial charge in [0.1, 0.15) is 5.56 Å². The Bertz CT molecular complexity index is 1080. The van der Waals surface area contributed by atoms with Crippen molar-refractivity contribution in [2.75, 3.05) is 7.11 Å². The Morgan fingerprint density at radius 1 is 1.07 bits per heavy atom. The lowest BCUT2D eigenvalue weighted by Crippen LogP contribution is -2.00. The summed E-state index contributed by atoms with van der Waals surface area (Å²) < 4.78 is 9.22. The van der Waals surface area contributed by atoms with Crippen LogP contribution in [0.2, 0.25) is 0 Å². The zero-order valence-corrected chi connectivity index (χ0v) is 16.4. The molecule has 27 heavy (non-hydrogen) atoms. The van der Waals surface area contributed by atoms with Gasteiger partial charge in [0.2, 0.25) is 5.88 Å². The zero-order valence-electron chi connectivity index (χ0n) is 15.6. The molecule has 0 radical (unpaired) electrons. The highest BCUT2D eigenvalue weighted by Crippen LogP contribution is 2.32. The molecule has 0 N–H and O–H groups in total. The molecule has 0 aliphatic heterocycles. The summed E-state index contributed by atoms with van der Waals surface area (Å²) in [5.41, 5.74) is 2.15. The van der Waals surface area contributed by atoms with Crippen molar-refractivity contribution < 1.29 is 4.74 Å². The molecule has 0 amide bonds. The average molecular weight is 379 g/mol. The topological polar surface area (TPSA) is 57.8 Å². The van der Waals surface area contributed by atoms with Crippen LogP contribution in [0.3, 0.4) is 0 Å². The van der Waals surface area contributed by atoms with Gasteiger partial charge in [0.05, 0.1) is 7.11 Å². The van der Waals surface area contributed by atoms with Gasteiger partial charge in [-0.2, -0.15) is 0 Å². The largest absolute Gasteiger partial charge is 0.479 e. The number of rotatable bonds is 6. The molecule has 7 heteroatoms. The molecule has 0 unspecified atom stereocenters. The molecule has 4 aromatic rings. The lowest BCUT2D eigenvalue weighted by molar-refractivity contribution is 0.393. The second-order valence-corrected chi connectivity index (χ2v) is 7.15. The predicted molar refractivity (Wildman–Crippen MR) is 108 cm³/mol. The molecule has 4 rings (SSSR count). The number of aryl methyl sites for hydroxylation is 1. The quantitative estimate of drug-likeness (QED) is 0.471. The van der Waals surface area contributed by atoms with Gasteiger partial charge in [0, 0.05) is 25.5 Å². The fourth-order valence-corrected chi connectivity index (χ4v) is 4.22. The maximum Gasteiger partial charge on any atom is 0.243 e. The Kier molecular flexibility index (Phi) is 4.85. The number of aromatic nitrogens is 5. The van der Waals surface area contributed by atoms with Gasteiger partial charge in [-0.3, -0.25) is 4.68 Å². The van der Waals surface area contributed by atoms with Gasteiger partial charge in [-0.1, -0.05) is 54.2 Å². The van der Waals surface area contributed by atoms with Crippen molar-refractivity contribution in [1.29, 1.82) is 0 Å². The predicted octanol–water partition coefficient (Wildman–Crippen LogP) is 4.15. The van der Waals surface area contributed by atoms with E-state index in [4.69, 9.17) is 4.74 Å². The van der Waals surface area contributed by atoms with E-state index in [-0.39, 0.29) is 0 Å². The second kappa shape index (κ2) is 7.44. The number of ether oxygens (including phenoxy) is 1. The van der Waals surface area contributed by atoms with Crippen molar-refractivity contribution in [1.82, 2.24) is 24.5 Å². The summed E-state index contributed by atoms with van der Waals surface area (Å²) in [6, 6.07) is 14.9. The van der Waals surface area contributed by atoms with Crippen LogP contribution in [0.15, 0.2) is 53.8 Å². The summed E-state index contributed by atoms with van der Waals surface area (Å²) in [6.07, 6.45) is 1.91. The molecule has 0 bridgehead atoms. The third kappa shape index (κ3) is 3.30. The van der Waals surface area contributed by atoms with Gasteiger partial charge < -0.3 is 9.30 Å². The minimum absolute atomic E-state index is 0.560. The number of hydrogen-bond donors (Lipinski definition) is 0. The summed E-state index contributed by atoms with van der Waals surface area (Å²) in [5, 5.41) is 16.6. The smallest absolute Gasteiger partial charge is 0.243 e. The fourth-order valence-electron chi connectivity index (χ4n) is 3.21. The average Bonchev–Trinajstić information content (AvgIpc) is 3.28. The lowest BCUT2D eigenvalue weighted by Gasteiger charge is -2.08. The van der Waals surface area contributed by atoms with Gasteiger partial charge in [0.15, 0.2) is 11.0 Å². The van der Waals surface area contributed by atoms with E-state index in [0.717, 1.165) is 28.8 Å². The standard InChI is InChI=1S/C20H21N5OS/c1-4-25-18(17-12-24(2)23-19(17)26-3)21-22-20(25)27-13-15-10-7-9-14-8-5-6-11-16(14)15/h5-12H,4,13H2,1-3H3. The number of fused-ring (bicyclic) bond motifs is 1. The Morgan fingerprint density at radius 3 is 2.70 bits per heavy atom. The van der Waals surface area contributed by atoms with E-state index in [9.17, 15) is 0 Å². The van der Waals surface area contributed by atoms with Crippen LogP contribution in [-0.4, -0.2) is 31.7 Å². The van der Waals surface area contributed by atoms with E-state index in [2.05, 4.69) is 69.3 Å². The van der Waals surface area contributed by atoms with Crippen molar-refractivity contribution >= 4 is 22.5 Å². The van der Waals surface area contributed by atoms with E-state index in [1.54, 1.807) is 23.6 Å². The number of methoxy groups -OCH3 is 1. The first-order chi connectivity index (χ1) is 13.2. The molecule has 0 atom stereocenters. The van der Waals surface area contributed by atoms with E-state index in [0.29, 0.717) is 5.88 Å². The molecule has 2 aromatic carbocycles. The summed E-state index contributed by atoms with van der Waals surface area (Å²) in [5.74, 6) is 2.18. The summed E-state index contributed by atoms with van der Waals surface area (Å²) in [7, 11) is 3.49. The minimum atomic E-state index is 0.560. The lowest BCUT2D eigenvalue weighted by atomic mass is 10.1. The molecule has 0 aliphatic rings. The molecule has 2 aromatic heterocycles. The minimum Gasteiger partial charge on any atom is -0.479 e. The zero-order chi connectivity index (χ0) is 18.8. The van der Waals surface area contributed by atoms with Crippen LogP contribution in [0.25, 0.3) is 22.2 Å². The molecule has 0 fully saturated rings. The number of hydrogen-bond acceptors (Lipinski definition) is 5. The Balaban J connectivity index is 1.64. The maximum absolute atomic E-state index is 5.39. The maximum atomic E-state index is 5.39.